The van der Waals surface area contributed by atoms with Crippen LogP contribution in [0.15, 0.2) is 48.5 Å². The number of rotatable bonds is 7. The molecule has 3 aromatic carbocycles. The number of aldehydes is 1. The van der Waals surface area contributed by atoms with Crippen molar-refractivity contribution in [3.8, 4) is 0 Å². The van der Waals surface area contributed by atoms with E-state index in [1.807, 2.05) is 17.9 Å². The van der Waals surface area contributed by atoms with Gasteiger partial charge >= 0.3 is 0 Å². The van der Waals surface area contributed by atoms with Crippen molar-refractivity contribution >= 4 is 23.3 Å². The third-order valence-electron chi connectivity index (χ3n) is 6.01. The molecule has 0 unspecified atom stereocenters. The van der Waals surface area contributed by atoms with Crippen LogP contribution in [-0.4, -0.2) is 12.8 Å². The summed E-state index contributed by atoms with van der Waals surface area (Å²) >= 11 is 0. The molecule has 0 aliphatic carbocycles. The molecule has 0 radical (unpaired) electrons. The number of hydrogen-bond donors (Lipinski definition) is 1. The molecule has 4 rings (SSSR count). The van der Waals surface area contributed by atoms with Gasteiger partial charge in [-0.1, -0.05) is 18.2 Å². The predicted octanol–water partition coefficient (Wildman–Crippen LogP) is 6.24. The van der Waals surface area contributed by atoms with E-state index < -0.39 is 11.6 Å². The minimum atomic E-state index is -0.858. The van der Waals surface area contributed by atoms with E-state index in [1.165, 1.54) is 17.7 Å². The number of carbonyl (C=O) groups excluding carboxylic acids is 1. The van der Waals surface area contributed by atoms with Crippen LogP contribution in [0.5, 0.6) is 0 Å². The highest BCUT2D eigenvalue weighted by atomic mass is 19.2. The SMILES string of the molecule is Cc1c(CNc2ccc(CCC=O)c(F)c2)ccc2c1N(c1ccc(F)c(F)c1)CCC2. The Morgan fingerprint density at radius 1 is 0.969 bits per heavy atom. The van der Waals surface area contributed by atoms with E-state index in [2.05, 4.69) is 17.4 Å². The Morgan fingerprint density at radius 3 is 2.53 bits per heavy atom. The summed E-state index contributed by atoms with van der Waals surface area (Å²) in [5.74, 6) is -2.04. The van der Waals surface area contributed by atoms with Gasteiger partial charge in [0.15, 0.2) is 11.6 Å². The van der Waals surface area contributed by atoms with Crippen molar-refractivity contribution in [2.24, 2.45) is 0 Å². The smallest absolute Gasteiger partial charge is 0.160 e. The summed E-state index contributed by atoms with van der Waals surface area (Å²) in [6.45, 7) is 3.25. The molecule has 3 aromatic rings. The number of aryl methyl sites for hydroxylation is 2. The van der Waals surface area contributed by atoms with Crippen molar-refractivity contribution in [1.29, 1.82) is 0 Å². The van der Waals surface area contributed by atoms with Crippen molar-refractivity contribution in [1.82, 2.24) is 0 Å². The monoisotopic (exact) mass is 438 g/mol. The molecule has 0 bridgehead atoms. The molecule has 3 nitrogen and oxygen atoms in total. The van der Waals surface area contributed by atoms with Crippen LogP contribution in [0, 0.1) is 24.4 Å². The summed E-state index contributed by atoms with van der Waals surface area (Å²) in [7, 11) is 0. The van der Waals surface area contributed by atoms with Crippen molar-refractivity contribution in [2.45, 2.75) is 39.2 Å². The van der Waals surface area contributed by atoms with E-state index in [-0.39, 0.29) is 5.82 Å². The van der Waals surface area contributed by atoms with Gasteiger partial charge in [-0.3, -0.25) is 0 Å². The van der Waals surface area contributed by atoms with Crippen molar-refractivity contribution in [2.75, 3.05) is 16.8 Å². The summed E-state index contributed by atoms with van der Waals surface area (Å²) in [5.41, 5.74) is 6.11. The fourth-order valence-corrected chi connectivity index (χ4v) is 4.29. The molecule has 1 N–H and O–H groups in total. The van der Waals surface area contributed by atoms with Gasteiger partial charge in [-0.15, -0.1) is 0 Å². The molecule has 1 aliphatic rings. The van der Waals surface area contributed by atoms with Crippen LogP contribution in [0.2, 0.25) is 0 Å². The predicted molar refractivity (Wildman–Crippen MR) is 121 cm³/mol. The fraction of sp³-hybridized carbons (Fsp3) is 0.269. The van der Waals surface area contributed by atoms with Crippen LogP contribution >= 0.6 is 0 Å². The maximum absolute atomic E-state index is 14.3. The zero-order chi connectivity index (χ0) is 22.7. The Kier molecular flexibility index (Phi) is 6.49. The molecule has 0 amide bonds. The number of hydrogen-bond acceptors (Lipinski definition) is 3. The first-order chi connectivity index (χ1) is 15.5. The molecule has 0 saturated heterocycles. The summed E-state index contributed by atoms with van der Waals surface area (Å²) in [6, 6.07) is 13.1. The van der Waals surface area contributed by atoms with Crippen LogP contribution in [0.4, 0.5) is 30.2 Å². The van der Waals surface area contributed by atoms with Crippen molar-refractivity contribution in [3.05, 3.63) is 88.2 Å². The van der Waals surface area contributed by atoms with E-state index in [0.717, 1.165) is 48.6 Å². The largest absolute Gasteiger partial charge is 0.381 e. The molecule has 166 valence electrons. The Bertz CT molecular complexity index is 1150. The van der Waals surface area contributed by atoms with Gasteiger partial charge in [-0.25, -0.2) is 13.2 Å². The number of carbonyl (C=O) groups is 1. The number of benzene rings is 3. The van der Waals surface area contributed by atoms with Gasteiger partial charge in [0.1, 0.15) is 12.1 Å². The molecule has 1 heterocycles. The van der Waals surface area contributed by atoms with Gasteiger partial charge in [0.05, 0.1) is 0 Å². The van der Waals surface area contributed by atoms with Gasteiger partial charge < -0.3 is 15.0 Å². The second-order valence-corrected chi connectivity index (χ2v) is 8.08. The maximum Gasteiger partial charge on any atom is 0.160 e. The lowest BCUT2D eigenvalue weighted by molar-refractivity contribution is -0.107. The molecular formula is C26H25F3N2O. The molecule has 0 spiro atoms. The minimum Gasteiger partial charge on any atom is -0.381 e. The van der Waals surface area contributed by atoms with Crippen LogP contribution < -0.4 is 10.2 Å². The number of fused-ring (bicyclic) bond motifs is 1. The highest BCUT2D eigenvalue weighted by molar-refractivity contribution is 5.72. The quantitative estimate of drug-likeness (QED) is 0.443. The lowest BCUT2D eigenvalue weighted by atomic mass is 9.94. The standard InChI is InChI=1S/C26H25F3N2O/c1-17-20(16-30-21-9-8-18(5-3-13-32)24(28)14-21)7-6-19-4-2-12-31(26(17)19)22-10-11-23(27)25(29)15-22/h6-11,13-15,30H,2-5,12,16H2,1H3. The summed E-state index contributed by atoms with van der Waals surface area (Å²) in [5, 5.41) is 3.27. The van der Waals surface area contributed by atoms with Gasteiger partial charge in [0.25, 0.3) is 0 Å². The maximum atomic E-state index is 14.3. The molecule has 0 aromatic heterocycles. The van der Waals surface area contributed by atoms with E-state index in [9.17, 15) is 18.0 Å². The van der Waals surface area contributed by atoms with Crippen molar-refractivity contribution < 1.29 is 18.0 Å². The first kappa shape index (κ1) is 21.9. The lowest BCUT2D eigenvalue weighted by Gasteiger charge is -2.34. The average Bonchev–Trinajstić information content (AvgIpc) is 2.79. The Balaban J connectivity index is 1.57. The topological polar surface area (TPSA) is 32.3 Å². The number of nitrogens with zero attached hydrogens (tertiary/aromatic N) is 1. The van der Waals surface area contributed by atoms with E-state index in [0.29, 0.717) is 36.3 Å². The average molecular weight is 438 g/mol. The second-order valence-electron chi connectivity index (χ2n) is 8.08. The molecule has 1 aliphatic heterocycles. The Hall–Kier alpha value is -3.28. The molecule has 0 atom stereocenters. The van der Waals surface area contributed by atoms with E-state index >= 15 is 0 Å². The summed E-state index contributed by atoms with van der Waals surface area (Å²) in [4.78, 5) is 12.6. The van der Waals surface area contributed by atoms with E-state index in [4.69, 9.17) is 0 Å². The fourth-order valence-electron chi connectivity index (χ4n) is 4.29. The zero-order valence-corrected chi connectivity index (χ0v) is 17.9. The molecule has 32 heavy (non-hydrogen) atoms. The van der Waals surface area contributed by atoms with Crippen LogP contribution in [0.1, 0.15) is 35.1 Å². The molecule has 6 heteroatoms. The van der Waals surface area contributed by atoms with Gasteiger partial charge in [0.2, 0.25) is 0 Å². The summed E-state index contributed by atoms with van der Waals surface area (Å²) < 4.78 is 41.6. The molecule has 0 fully saturated rings. The van der Waals surface area contributed by atoms with E-state index in [1.54, 1.807) is 12.1 Å². The molecular weight excluding hydrogens is 413 g/mol. The van der Waals surface area contributed by atoms with Gasteiger partial charge in [0, 0.05) is 42.6 Å². The first-order valence-electron chi connectivity index (χ1n) is 10.8. The van der Waals surface area contributed by atoms with Crippen molar-refractivity contribution in [3.63, 3.8) is 0 Å². The number of nitrogens with one attached hydrogen (secondary N) is 1. The summed E-state index contributed by atoms with van der Waals surface area (Å²) in [6.07, 6.45) is 3.33. The van der Waals surface area contributed by atoms with Crippen LogP contribution in [0.3, 0.4) is 0 Å². The highest BCUT2D eigenvalue weighted by Gasteiger charge is 2.22. The third kappa shape index (κ3) is 4.49. The highest BCUT2D eigenvalue weighted by Crippen LogP contribution is 2.38. The first-order valence-corrected chi connectivity index (χ1v) is 10.8. The van der Waals surface area contributed by atoms with Crippen LogP contribution in [-0.2, 0) is 24.2 Å². The Labute approximate surface area is 185 Å². The lowest BCUT2D eigenvalue weighted by Crippen LogP contribution is -2.26. The normalized spacial score (nSPS) is 13.1. The van der Waals surface area contributed by atoms with Gasteiger partial charge in [-0.05, 0) is 72.7 Å². The minimum absolute atomic E-state index is 0.298. The zero-order valence-electron chi connectivity index (χ0n) is 17.9. The van der Waals surface area contributed by atoms with Crippen LogP contribution in [0.25, 0.3) is 0 Å². The van der Waals surface area contributed by atoms with Gasteiger partial charge in [-0.2, -0.15) is 0 Å². The number of anilines is 3. The number of halogens is 3. The third-order valence-corrected chi connectivity index (χ3v) is 6.01. The second kappa shape index (κ2) is 9.47. The Morgan fingerprint density at radius 2 is 1.78 bits per heavy atom. The molecule has 0 saturated carbocycles.